The summed E-state index contributed by atoms with van der Waals surface area (Å²) in [5.41, 5.74) is 1.58. The summed E-state index contributed by atoms with van der Waals surface area (Å²) < 4.78 is 13.9. The molecule has 0 radical (unpaired) electrons. The molecule has 1 atom stereocenters. The van der Waals surface area contributed by atoms with E-state index in [0.717, 1.165) is 13.0 Å². The van der Waals surface area contributed by atoms with Gasteiger partial charge < -0.3 is 21.1 Å². The summed E-state index contributed by atoms with van der Waals surface area (Å²) in [6.45, 7) is 11.0. The van der Waals surface area contributed by atoms with Gasteiger partial charge in [-0.1, -0.05) is 58.2 Å². The monoisotopic (exact) mass is 519 g/mol. The Labute approximate surface area is 218 Å². The highest BCUT2D eigenvalue weighted by molar-refractivity contribution is 6.31. The van der Waals surface area contributed by atoms with E-state index in [1.807, 2.05) is 13.8 Å². The number of nitrogens with one attached hydrogen (secondary N) is 3. The molecule has 198 valence electrons. The number of aryl methyl sites for hydroxylation is 1. The number of nitrogens with zero attached hydrogens (tertiary/aromatic N) is 2. The number of hydrogen-bond donors (Lipinski definition) is 4. The van der Waals surface area contributed by atoms with Crippen LogP contribution in [0.25, 0.3) is 10.9 Å². The van der Waals surface area contributed by atoms with Gasteiger partial charge in [-0.25, -0.2) is 14.4 Å². The van der Waals surface area contributed by atoms with Crippen LogP contribution in [0.15, 0.2) is 36.7 Å². The highest BCUT2D eigenvalue weighted by atomic mass is 35.5. The number of phenolic OH excluding ortho intramolecular Hbond substituents is 1. The largest absolute Gasteiger partial charge is 0.508 e. The lowest BCUT2D eigenvalue weighted by Gasteiger charge is -2.21. The van der Waals surface area contributed by atoms with Crippen LogP contribution in [-0.2, 0) is 4.79 Å². The molecule has 0 aliphatic carbocycles. The molecule has 1 amide bonds. The number of likely N-dealkylation sites (N-methyl/N-ethyl adjacent to an activating group) is 1. The second kappa shape index (κ2) is 16.7. The maximum Gasteiger partial charge on any atom is 0.236 e. The molecule has 1 aliphatic rings. The predicted molar refractivity (Wildman–Crippen MR) is 148 cm³/mol. The first-order valence-electron chi connectivity index (χ1n) is 12.4. The summed E-state index contributed by atoms with van der Waals surface area (Å²) in [5, 5.41) is 19.1. The van der Waals surface area contributed by atoms with Crippen molar-refractivity contribution >= 4 is 39.9 Å². The number of hydrogen-bond acceptors (Lipinski definition) is 6. The number of aromatic hydroxyl groups is 1. The number of phenols is 1. The SMILES string of the molecule is CC.CCC.CNC(=O)C1CCCCN1.Cc1cc2ncnc(Nc3cccc(Cl)c3F)c2cc1O. The van der Waals surface area contributed by atoms with Crippen LogP contribution >= 0.6 is 11.6 Å². The second-order valence-corrected chi connectivity index (χ2v) is 8.34. The van der Waals surface area contributed by atoms with Crippen molar-refractivity contribution in [3.63, 3.8) is 0 Å². The van der Waals surface area contributed by atoms with Crippen LogP contribution in [0.5, 0.6) is 5.75 Å². The molecular weight excluding hydrogens is 481 g/mol. The first kappa shape index (κ1) is 31.1. The summed E-state index contributed by atoms with van der Waals surface area (Å²) in [4.78, 5) is 19.2. The Hall–Kier alpha value is -2.97. The number of carbonyl (C=O) groups is 1. The van der Waals surface area contributed by atoms with Crippen molar-refractivity contribution in [2.75, 3.05) is 18.9 Å². The normalized spacial score (nSPS) is 14.2. The van der Waals surface area contributed by atoms with Gasteiger partial charge in [0.1, 0.15) is 17.9 Å². The molecule has 9 heteroatoms. The number of carbonyl (C=O) groups excluding carboxylic acids is 1. The zero-order chi connectivity index (χ0) is 27.1. The Bertz CT molecular complexity index is 1090. The molecule has 7 nitrogen and oxygen atoms in total. The fourth-order valence-electron chi connectivity index (χ4n) is 3.27. The number of fused-ring (bicyclic) bond motifs is 1. The number of piperidine rings is 1. The van der Waals surface area contributed by atoms with Gasteiger partial charge in [-0.15, -0.1) is 0 Å². The smallest absolute Gasteiger partial charge is 0.236 e. The lowest BCUT2D eigenvalue weighted by Crippen LogP contribution is -2.45. The lowest BCUT2D eigenvalue weighted by atomic mass is 10.0. The van der Waals surface area contributed by atoms with Gasteiger partial charge in [0.25, 0.3) is 0 Å². The highest BCUT2D eigenvalue weighted by Gasteiger charge is 2.18. The Morgan fingerprint density at radius 1 is 1.22 bits per heavy atom. The zero-order valence-corrected chi connectivity index (χ0v) is 22.8. The van der Waals surface area contributed by atoms with Crippen molar-refractivity contribution in [2.45, 2.75) is 66.3 Å². The predicted octanol–water partition coefficient (Wildman–Crippen LogP) is 6.50. The van der Waals surface area contributed by atoms with Gasteiger partial charge in [0.2, 0.25) is 5.91 Å². The van der Waals surface area contributed by atoms with Crippen molar-refractivity contribution in [2.24, 2.45) is 0 Å². The number of amides is 1. The average Bonchev–Trinajstić information content (AvgIpc) is 2.90. The van der Waals surface area contributed by atoms with Gasteiger partial charge in [-0.05, 0) is 56.1 Å². The number of rotatable bonds is 3. The van der Waals surface area contributed by atoms with Gasteiger partial charge in [0, 0.05) is 12.4 Å². The molecule has 1 fully saturated rings. The van der Waals surface area contributed by atoms with E-state index in [4.69, 9.17) is 11.6 Å². The van der Waals surface area contributed by atoms with Crippen LogP contribution in [0.2, 0.25) is 5.02 Å². The lowest BCUT2D eigenvalue weighted by molar-refractivity contribution is -0.123. The van der Waals surface area contributed by atoms with Crippen molar-refractivity contribution in [1.82, 2.24) is 20.6 Å². The maximum absolute atomic E-state index is 13.9. The molecule has 36 heavy (non-hydrogen) atoms. The number of aromatic nitrogens is 2. The van der Waals surface area contributed by atoms with Gasteiger partial charge in [-0.3, -0.25) is 4.79 Å². The standard InChI is InChI=1S/C15H11ClFN3O.C7H14N2O.C3H8.C2H6/c1-8-5-12-9(6-13(8)21)15(19-7-18-12)20-11-4-2-3-10(16)14(11)17;1-8-7(10)6-4-2-3-5-9-6;1-3-2;1-2/h2-7,21H,1H3,(H,18,19,20);6,9H,2-5H2,1H3,(H,8,10);3H2,1-2H3;1-2H3. The van der Waals surface area contributed by atoms with Gasteiger partial charge >= 0.3 is 0 Å². The first-order valence-corrected chi connectivity index (χ1v) is 12.8. The molecular formula is C27H39ClFN5O2. The van der Waals surface area contributed by atoms with Crippen LogP contribution in [0.4, 0.5) is 15.9 Å². The fraction of sp³-hybridized carbons (Fsp3) is 0.444. The molecule has 1 saturated heterocycles. The third kappa shape index (κ3) is 9.24. The molecule has 0 bridgehead atoms. The van der Waals surface area contributed by atoms with Crippen molar-refractivity contribution in [3.8, 4) is 5.75 Å². The Morgan fingerprint density at radius 3 is 2.53 bits per heavy atom. The van der Waals surface area contributed by atoms with E-state index in [1.54, 1.807) is 38.2 Å². The Morgan fingerprint density at radius 2 is 1.92 bits per heavy atom. The topological polar surface area (TPSA) is 99.2 Å². The van der Waals surface area contributed by atoms with E-state index >= 15 is 0 Å². The van der Waals surface area contributed by atoms with Crippen molar-refractivity contribution in [3.05, 3.63) is 53.1 Å². The molecule has 4 N–H and O–H groups in total. The highest BCUT2D eigenvalue weighted by Crippen LogP contribution is 2.30. The molecule has 1 aliphatic heterocycles. The molecule has 0 spiro atoms. The summed E-state index contributed by atoms with van der Waals surface area (Å²) in [6, 6.07) is 8.03. The molecule has 0 saturated carbocycles. The molecule has 3 aromatic rings. The molecule has 2 heterocycles. The van der Waals surface area contributed by atoms with E-state index < -0.39 is 5.82 Å². The first-order chi connectivity index (χ1) is 17.3. The minimum atomic E-state index is -0.553. The van der Waals surface area contributed by atoms with Gasteiger partial charge in [-0.2, -0.15) is 0 Å². The van der Waals surface area contributed by atoms with E-state index in [2.05, 4.69) is 39.8 Å². The molecule has 2 aromatic carbocycles. The fourth-order valence-corrected chi connectivity index (χ4v) is 3.45. The molecule has 4 rings (SSSR count). The van der Waals surface area contributed by atoms with E-state index in [-0.39, 0.29) is 28.4 Å². The second-order valence-electron chi connectivity index (χ2n) is 7.93. The molecule has 1 aromatic heterocycles. The minimum absolute atomic E-state index is 0.0250. The van der Waals surface area contributed by atoms with Gasteiger partial charge in [0.15, 0.2) is 5.82 Å². The van der Waals surface area contributed by atoms with E-state index in [9.17, 15) is 14.3 Å². The minimum Gasteiger partial charge on any atom is -0.508 e. The van der Waals surface area contributed by atoms with Crippen LogP contribution < -0.4 is 16.0 Å². The summed E-state index contributed by atoms with van der Waals surface area (Å²) in [7, 11) is 1.68. The van der Waals surface area contributed by atoms with Crippen LogP contribution in [0, 0.1) is 12.7 Å². The number of anilines is 2. The summed E-state index contributed by atoms with van der Waals surface area (Å²) in [5.74, 6) is 0.102. The Kier molecular flexibility index (Phi) is 14.4. The van der Waals surface area contributed by atoms with Crippen molar-refractivity contribution < 1.29 is 14.3 Å². The third-order valence-electron chi connectivity index (χ3n) is 5.03. The van der Waals surface area contributed by atoms with E-state index in [0.29, 0.717) is 22.3 Å². The van der Waals surface area contributed by atoms with Crippen molar-refractivity contribution in [1.29, 1.82) is 0 Å². The van der Waals surface area contributed by atoms with Gasteiger partial charge in [0.05, 0.1) is 22.3 Å². The average molecular weight is 520 g/mol. The van der Waals surface area contributed by atoms with Crippen LogP contribution in [0.3, 0.4) is 0 Å². The Balaban J connectivity index is 0.000000361. The zero-order valence-electron chi connectivity index (χ0n) is 22.1. The van der Waals surface area contributed by atoms with Crippen LogP contribution in [-0.4, -0.2) is 40.6 Å². The third-order valence-corrected chi connectivity index (χ3v) is 5.32. The number of benzene rings is 2. The summed E-state index contributed by atoms with van der Waals surface area (Å²) >= 11 is 5.76. The maximum atomic E-state index is 13.9. The molecule has 1 unspecified atom stereocenters. The van der Waals surface area contributed by atoms with E-state index in [1.165, 1.54) is 31.7 Å². The number of halogens is 2. The quantitative estimate of drug-likeness (QED) is 0.315. The van der Waals surface area contributed by atoms with Crippen LogP contribution in [0.1, 0.15) is 58.9 Å². The summed E-state index contributed by atoms with van der Waals surface area (Å²) in [6.07, 6.45) is 5.99.